The van der Waals surface area contributed by atoms with E-state index in [1.165, 1.54) is 24.4 Å². The summed E-state index contributed by atoms with van der Waals surface area (Å²) in [6.45, 7) is 0. The summed E-state index contributed by atoms with van der Waals surface area (Å²) in [5.41, 5.74) is 0.825. The number of benzene rings is 1. The predicted octanol–water partition coefficient (Wildman–Crippen LogP) is 1.98. The van der Waals surface area contributed by atoms with Gasteiger partial charge in [-0.2, -0.15) is 10.5 Å². The third kappa shape index (κ3) is 2.97. The van der Waals surface area contributed by atoms with Crippen molar-refractivity contribution in [2.45, 2.75) is 0 Å². The second-order valence-corrected chi connectivity index (χ2v) is 3.16. The van der Waals surface area contributed by atoms with E-state index in [0.29, 0.717) is 11.4 Å². The summed E-state index contributed by atoms with van der Waals surface area (Å²) in [6, 6.07) is 7.57. The van der Waals surface area contributed by atoms with Gasteiger partial charge < -0.3 is 10.6 Å². The Balaban J connectivity index is 3.11. The molecular formula is C11H9N5O2. The van der Waals surface area contributed by atoms with Crippen LogP contribution in [0, 0.1) is 32.8 Å². The molecular weight excluding hydrogens is 234 g/mol. The molecule has 0 atom stereocenters. The molecule has 0 saturated heterocycles. The fourth-order valence-electron chi connectivity index (χ4n) is 1.22. The first-order chi connectivity index (χ1) is 8.62. The number of anilines is 2. The zero-order valence-electron chi connectivity index (χ0n) is 9.47. The Labute approximate surface area is 103 Å². The molecule has 0 aliphatic heterocycles. The van der Waals surface area contributed by atoms with Gasteiger partial charge in [-0.05, 0) is 6.07 Å². The molecule has 2 N–H and O–H groups in total. The normalized spacial score (nSPS) is 8.61. The van der Waals surface area contributed by atoms with E-state index in [-0.39, 0.29) is 11.3 Å². The van der Waals surface area contributed by atoms with Gasteiger partial charge in [0.1, 0.15) is 17.7 Å². The second-order valence-electron chi connectivity index (χ2n) is 3.16. The number of non-ortho nitro benzene ring substituents is 1. The number of allylic oxidation sites excluding steroid dienone is 1. The smallest absolute Gasteiger partial charge is 0.271 e. The standard InChI is InChI=1S/C11H9N5O2/c1-14-10-3-2-9(16(17)18)4-11(10)15-7-8(5-12)6-13/h2-4,7,14-15H,1H3. The van der Waals surface area contributed by atoms with Crippen LogP contribution in [-0.2, 0) is 0 Å². The van der Waals surface area contributed by atoms with Crippen LogP contribution in [0.2, 0.25) is 0 Å². The number of nitro benzene ring substituents is 1. The number of nitrogens with zero attached hydrogens (tertiary/aromatic N) is 3. The van der Waals surface area contributed by atoms with E-state index >= 15 is 0 Å². The van der Waals surface area contributed by atoms with Gasteiger partial charge in [-0.25, -0.2) is 0 Å². The lowest BCUT2D eigenvalue weighted by Gasteiger charge is -2.08. The van der Waals surface area contributed by atoms with E-state index in [1.807, 2.05) is 0 Å². The topological polar surface area (TPSA) is 115 Å². The van der Waals surface area contributed by atoms with Crippen LogP contribution < -0.4 is 10.6 Å². The van der Waals surface area contributed by atoms with Crippen LogP contribution in [0.3, 0.4) is 0 Å². The van der Waals surface area contributed by atoms with Gasteiger partial charge in [-0.1, -0.05) is 0 Å². The summed E-state index contributed by atoms with van der Waals surface area (Å²) in [7, 11) is 1.66. The molecule has 1 aromatic carbocycles. The molecule has 0 fully saturated rings. The lowest BCUT2D eigenvalue weighted by molar-refractivity contribution is -0.384. The first kappa shape index (κ1) is 13.0. The lowest BCUT2D eigenvalue weighted by Crippen LogP contribution is -1.98. The maximum atomic E-state index is 10.6. The lowest BCUT2D eigenvalue weighted by atomic mass is 10.2. The molecule has 0 heterocycles. The average molecular weight is 243 g/mol. The number of rotatable bonds is 4. The minimum atomic E-state index is -0.524. The molecule has 7 heteroatoms. The van der Waals surface area contributed by atoms with Crippen molar-refractivity contribution in [2.75, 3.05) is 17.7 Å². The SMILES string of the molecule is CNc1ccc([N+](=O)[O-])cc1NC=C(C#N)C#N. The van der Waals surface area contributed by atoms with Gasteiger partial charge in [0.15, 0.2) is 0 Å². The largest absolute Gasteiger partial charge is 0.386 e. The van der Waals surface area contributed by atoms with Gasteiger partial charge in [-0.3, -0.25) is 10.1 Å². The van der Waals surface area contributed by atoms with Crippen molar-refractivity contribution >= 4 is 17.1 Å². The van der Waals surface area contributed by atoms with Crippen LogP contribution in [0.25, 0.3) is 0 Å². The van der Waals surface area contributed by atoms with Crippen LogP contribution in [0.1, 0.15) is 0 Å². The number of nitro groups is 1. The van der Waals surface area contributed by atoms with E-state index in [9.17, 15) is 10.1 Å². The summed E-state index contributed by atoms with van der Waals surface area (Å²) < 4.78 is 0. The van der Waals surface area contributed by atoms with Crippen LogP contribution in [0.4, 0.5) is 17.1 Å². The highest BCUT2D eigenvalue weighted by atomic mass is 16.6. The Bertz CT molecular complexity index is 564. The Morgan fingerprint density at radius 1 is 1.39 bits per heavy atom. The van der Waals surface area contributed by atoms with Gasteiger partial charge in [0, 0.05) is 25.4 Å². The van der Waals surface area contributed by atoms with Crippen molar-refractivity contribution in [2.24, 2.45) is 0 Å². The number of nitriles is 2. The van der Waals surface area contributed by atoms with E-state index in [1.54, 1.807) is 19.2 Å². The number of nitrogens with one attached hydrogen (secondary N) is 2. The van der Waals surface area contributed by atoms with Crippen molar-refractivity contribution in [3.63, 3.8) is 0 Å². The molecule has 0 amide bonds. The molecule has 0 aliphatic rings. The van der Waals surface area contributed by atoms with E-state index < -0.39 is 4.92 Å². The molecule has 0 spiro atoms. The highest BCUT2D eigenvalue weighted by molar-refractivity contribution is 5.73. The first-order valence-corrected chi connectivity index (χ1v) is 4.85. The van der Waals surface area contributed by atoms with Gasteiger partial charge in [0.05, 0.1) is 16.3 Å². The molecule has 0 bridgehead atoms. The molecule has 7 nitrogen and oxygen atoms in total. The zero-order valence-corrected chi connectivity index (χ0v) is 9.47. The van der Waals surface area contributed by atoms with Crippen LogP contribution in [0.15, 0.2) is 30.0 Å². The Morgan fingerprint density at radius 3 is 2.56 bits per heavy atom. The first-order valence-electron chi connectivity index (χ1n) is 4.85. The molecule has 1 aromatic rings. The minimum Gasteiger partial charge on any atom is -0.386 e. The van der Waals surface area contributed by atoms with E-state index in [0.717, 1.165) is 0 Å². The van der Waals surface area contributed by atoms with Crippen molar-refractivity contribution in [1.29, 1.82) is 10.5 Å². The molecule has 1 rings (SSSR count). The van der Waals surface area contributed by atoms with Crippen LogP contribution in [0.5, 0.6) is 0 Å². The third-order valence-corrected chi connectivity index (χ3v) is 2.10. The van der Waals surface area contributed by atoms with Crippen molar-refractivity contribution in [3.05, 3.63) is 40.1 Å². The Morgan fingerprint density at radius 2 is 2.06 bits per heavy atom. The summed E-state index contributed by atoms with van der Waals surface area (Å²) in [5, 5.41) is 33.3. The van der Waals surface area contributed by atoms with Gasteiger partial charge >= 0.3 is 0 Å². The maximum Gasteiger partial charge on any atom is 0.271 e. The molecule has 0 radical (unpaired) electrons. The van der Waals surface area contributed by atoms with Crippen LogP contribution in [-0.4, -0.2) is 12.0 Å². The maximum absolute atomic E-state index is 10.6. The van der Waals surface area contributed by atoms with Crippen molar-refractivity contribution in [3.8, 4) is 12.1 Å². The molecule has 0 saturated carbocycles. The summed E-state index contributed by atoms with van der Waals surface area (Å²) >= 11 is 0. The quantitative estimate of drug-likeness (QED) is 0.474. The predicted molar refractivity (Wildman–Crippen MR) is 65.6 cm³/mol. The summed E-state index contributed by atoms with van der Waals surface area (Å²) in [4.78, 5) is 10.1. The monoisotopic (exact) mass is 243 g/mol. The zero-order chi connectivity index (χ0) is 13.5. The second kappa shape index (κ2) is 5.87. The van der Waals surface area contributed by atoms with E-state index in [4.69, 9.17) is 10.5 Å². The van der Waals surface area contributed by atoms with E-state index in [2.05, 4.69) is 10.6 Å². The molecule has 0 aromatic heterocycles. The Kier molecular flexibility index (Phi) is 4.24. The highest BCUT2D eigenvalue weighted by Gasteiger charge is 2.09. The van der Waals surface area contributed by atoms with Gasteiger partial charge in [-0.15, -0.1) is 0 Å². The third-order valence-electron chi connectivity index (χ3n) is 2.10. The summed E-state index contributed by atoms with van der Waals surface area (Å²) in [6.07, 6.45) is 1.19. The molecule has 0 unspecified atom stereocenters. The van der Waals surface area contributed by atoms with Crippen molar-refractivity contribution < 1.29 is 4.92 Å². The number of hydrogen-bond acceptors (Lipinski definition) is 6. The molecule has 0 aliphatic carbocycles. The minimum absolute atomic E-state index is 0.0830. The Hall–Kier alpha value is -3.06. The molecule has 90 valence electrons. The average Bonchev–Trinajstić information content (AvgIpc) is 2.39. The molecule has 18 heavy (non-hydrogen) atoms. The fourth-order valence-corrected chi connectivity index (χ4v) is 1.22. The summed E-state index contributed by atoms with van der Waals surface area (Å²) in [5.74, 6) is 0. The number of hydrogen-bond donors (Lipinski definition) is 2. The fraction of sp³-hybridized carbons (Fsp3) is 0.0909. The van der Waals surface area contributed by atoms with Crippen molar-refractivity contribution in [1.82, 2.24) is 0 Å². The van der Waals surface area contributed by atoms with Crippen LogP contribution >= 0.6 is 0 Å². The van der Waals surface area contributed by atoms with Gasteiger partial charge in [0.25, 0.3) is 5.69 Å². The highest BCUT2D eigenvalue weighted by Crippen LogP contribution is 2.26. The van der Waals surface area contributed by atoms with Gasteiger partial charge in [0.2, 0.25) is 0 Å².